The molecule has 0 saturated heterocycles. The third-order valence-electron chi connectivity index (χ3n) is 5.87. The molecule has 0 saturated carbocycles. The third kappa shape index (κ3) is 6.14. The molecule has 0 atom stereocenters. The number of carbonyl (C=O) groups excluding carboxylic acids is 1. The van der Waals surface area contributed by atoms with Crippen LogP contribution < -0.4 is 15.4 Å². The number of hydrogen-bond donors (Lipinski definition) is 4. The van der Waals surface area contributed by atoms with Crippen LogP contribution in [0.25, 0.3) is 10.9 Å². The summed E-state index contributed by atoms with van der Waals surface area (Å²) < 4.78 is 12.0. The Hall–Kier alpha value is -3.30. The summed E-state index contributed by atoms with van der Waals surface area (Å²) in [6.07, 6.45) is -1.20. The van der Waals surface area contributed by atoms with Crippen LogP contribution in [0.5, 0.6) is 5.75 Å². The van der Waals surface area contributed by atoms with E-state index in [2.05, 4.69) is 49.5 Å². The number of ether oxygens (including phenoxy) is 1. The van der Waals surface area contributed by atoms with Gasteiger partial charge in [-0.25, -0.2) is 4.79 Å². The van der Waals surface area contributed by atoms with E-state index < -0.39 is 14.4 Å². The van der Waals surface area contributed by atoms with Crippen molar-refractivity contribution in [3.8, 4) is 5.75 Å². The SMILES string of the molecule is CC(C)(C)[Si](C)(C)OCCOc1ccc2[nH]c(C(=O)Nc3ccccc3NC(=O)O)cc2c1. The molecule has 3 aromatic rings. The lowest BCUT2D eigenvalue weighted by Gasteiger charge is -2.36. The fourth-order valence-electron chi connectivity index (χ4n) is 3.00. The van der Waals surface area contributed by atoms with Crippen molar-refractivity contribution in [3.63, 3.8) is 0 Å². The van der Waals surface area contributed by atoms with E-state index in [9.17, 15) is 9.59 Å². The van der Waals surface area contributed by atoms with Crippen LogP contribution in [0.3, 0.4) is 0 Å². The molecule has 0 aliphatic carbocycles. The molecule has 3 rings (SSSR count). The van der Waals surface area contributed by atoms with Crippen molar-refractivity contribution in [3.05, 3.63) is 54.2 Å². The number of aromatic amines is 1. The van der Waals surface area contributed by atoms with Crippen LogP contribution >= 0.6 is 0 Å². The van der Waals surface area contributed by atoms with E-state index in [1.54, 1.807) is 30.3 Å². The number of nitrogens with one attached hydrogen (secondary N) is 3. The fourth-order valence-corrected chi connectivity index (χ4v) is 4.03. The van der Waals surface area contributed by atoms with Crippen LogP contribution in [0.1, 0.15) is 31.3 Å². The minimum Gasteiger partial charge on any atom is -0.491 e. The lowest BCUT2D eigenvalue weighted by atomic mass is 10.2. The Bertz CT molecular complexity index is 1150. The second-order valence-corrected chi connectivity index (χ2v) is 14.1. The first-order valence-electron chi connectivity index (χ1n) is 10.8. The predicted octanol–water partition coefficient (Wildman–Crippen LogP) is 5.91. The second-order valence-electron chi connectivity index (χ2n) is 9.32. The quantitative estimate of drug-likeness (QED) is 0.242. The second kappa shape index (κ2) is 9.68. The highest BCUT2D eigenvalue weighted by Gasteiger charge is 2.36. The van der Waals surface area contributed by atoms with Gasteiger partial charge in [0.2, 0.25) is 0 Å². The number of fused-ring (bicyclic) bond motifs is 1. The van der Waals surface area contributed by atoms with E-state index in [-0.39, 0.29) is 10.9 Å². The lowest BCUT2D eigenvalue weighted by molar-refractivity contribution is 0.102. The smallest absolute Gasteiger partial charge is 0.409 e. The predicted molar refractivity (Wildman–Crippen MR) is 133 cm³/mol. The van der Waals surface area contributed by atoms with Gasteiger partial charge in [-0.15, -0.1) is 0 Å². The van der Waals surface area contributed by atoms with Gasteiger partial charge in [-0.1, -0.05) is 32.9 Å². The molecule has 176 valence electrons. The van der Waals surface area contributed by atoms with Crippen molar-refractivity contribution in [1.29, 1.82) is 0 Å². The first kappa shape index (κ1) is 24.3. The van der Waals surface area contributed by atoms with Gasteiger partial charge in [0.1, 0.15) is 18.1 Å². The van der Waals surface area contributed by atoms with Crippen LogP contribution in [-0.2, 0) is 4.43 Å². The molecule has 9 heteroatoms. The monoisotopic (exact) mass is 469 g/mol. The number of amides is 2. The zero-order valence-electron chi connectivity index (χ0n) is 19.6. The topological polar surface area (TPSA) is 113 Å². The van der Waals surface area contributed by atoms with E-state index in [4.69, 9.17) is 14.3 Å². The molecule has 0 radical (unpaired) electrons. The molecule has 4 N–H and O–H groups in total. The van der Waals surface area contributed by atoms with Gasteiger partial charge in [0, 0.05) is 10.9 Å². The number of rotatable bonds is 8. The van der Waals surface area contributed by atoms with Gasteiger partial charge in [0.25, 0.3) is 5.91 Å². The normalized spacial score (nSPS) is 11.9. The number of para-hydroxylation sites is 2. The van der Waals surface area contributed by atoms with Crippen LogP contribution in [-0.4, -0.2) is 43.6 Å². The molecule has 33 heavy (non-hydrogen) atoms. The van der Waals surface area contributed by atoms with Crippen LogP contribution in [0.15, 0.2) is 48.5 Å². The van der Waals surface area contributed by atoms with Gasteiger partial charge in [-0.3, -0.25) is 10.1 Å². The highest BCUT2D eigenvalue weighted by atomic mass is 28.4. The summed E-state index contributed by atoms with van der Waals surface area (Å²) in [4.78, 5) is 26.8. The van der Waals surface area contributed by atoms with Gasteiger partial charge in [0.05, 0.1) is 18.0 Å². The summed E-state index contributed by atoms with van der Waals surface area (Å²) in [6.45, 7) is 12.0. The van der Waals surface area contributed by atoms with E-state index >= 15 is 0 Å². The van der Waals surface area contributed by atoms with Crippen LogP contribution in [0, 0.1) is 0 Å². The van der Waals surface area contributed by atoms with Crippen molar-refractivity contribution < 1.29 is 23.9 Å². The summed E-state index contributed by atoms with van der Waals surface area (Å²) in [5.74, 6) is 0.319. The van der Waals surface area contributed by atoms with Crippen molar-refractivity contribution in [2.45, 2.75) is 38.9 Å². The number of H-pyrrole nitrogens is 1. The van der Waals surface area contributed by atoms with Gasteiger partial charge >= 0.3 is 6.09 Å². The number of carbonyl (C=O) groups is 2. The maximum absolute atomic E-state index is 12.7. The van der Waals surface area contributed by atoms with E-state index in [0.717, 1.165) is 10.9 Å². The van der Waals surface area contributed by atoms with E-state index in [0.29, 0.717) is 36.0 Å². The summed E-state index contributed by atoms with van der Waals surface area (Å²) in [5, 5.41) is 15.0. The zero-order chi connectivity index (χ0) is 24.2. The Labute approximate surface area is 194 Å². The molecule has 1 heterocycles. The van der Waals surface area contributed by atoms with Crippen molar-refractivity contribution in [2.24, 2.45) is 0 Å². The lowest BCUT2D eigenvalue weighted by Crippen LogP contribution is -2.41. The van der Waals surface area contributed by atoms with Gasteiger partial charge in [0.15, 0.2) is 8.32 Å². The first-order chi connectivity index (χ1) is 15.5. The maximum Gasteiger partial charge on any atom is 0.409 e. The summed E-state index contributed by atoms with van der Waals surface area (Å²) >= 11 is 0. The summed E-state index contributed by atoms with van der Waals surface area (Å²) in [6, 6.07) is 13.9. The van der Waals surface area contributed by atoms with Gasteiger partial charge < -0.3 is 24.6 Å². The number of carboxylic acid groups (broad SMARTS) is 1. The van der Waals surface area contributed by atoms with Crippen molar-refractivity contribution in [1.82, 2.24) is 4.98 Å². The standard InChI is InChI=1S/C24H31N3O5Si/c1-24(2,3)33(4,5)32-13-12-31-17-10-11-18-16(14-17)15-21(25-18)22(28)26-19-8-6-7-9-20(19)27-23(29)30/h6-11,14-15,25,27H,12-13H2,1-5H3,(H,26,28)(H,29,30). The Morgan fingerprint density at radius 3 is 2.30 bits per heavy atom. The Morgan fingerprint density at radius 2 is 1.67 bits per heavy atom. The van der Waals surface area contributed by atoms with E-state index in [1.165, 1.54) is 0 Å². The molecular weight excluding hydrogens is 438 g/mol. The molecule has 1 aromatic heterocycles. The Morgan fingerprint density at radius 1 is 1.00 bits per heavy atom. The average molecular weight is 470 g/mol. The Kier molecular flexibility index (Phi) is 7.14. The van der Waals surface area contributed by atoms with Crippen LogP contribution in [0.4, 0.5) is 16.2 Å². The molecule has 0 bridgehead atoms. The molecule has 0 aliphatic rings. The minimum absolute atomic E-state index is 0.151. The van der Waals surface area contributed by atoms with Crippen molar-refractivity contribution >= 4 is 42.6 Å². The highest BCUT2D eigenvalue weighted by Crippen LogP contribution is 2.36. The Balaban J connectivity index is 1.64. The maximum atomic E-state index is 12.7. The molecular formula is C24H31N3O5Si. The van der Waals surface area contributed by atoms with Crippen molar-refractivity contribution in [2.75, 3.05) is 23.8 Å². The molecule has 8 nitrogen and oxygen atoms in total. The number of anilines is 2. The zero-order valence-corrected chi connectivity index (χ0v) is 20.6. The molecule has 0 unspecified atom stereocenters. The molecule has 2 aromatic carbocycles. The molecule has 0 spiro atoms. The summed E-state index contributed by atoms with van der Waals surface area (Å²) in [7, 11) is -1.81. The first-order valence-corrected chi connectivity index (χ1v) is 13.7. The van der Waals surface area contributed by atoms with E-state index in [1.807, 2.05) is 18.2 Å². The highest BCUT2D eigenvalue weighted by molar-refractivity contribution is 6.74. The number of benzene rings is 2. The third-order valence-corrected chi connectivity index (χ3v) is 10.4. The number of hydrogen-bond acceptors (Lipinski definition) is 4. The van der Waals surface area contributed by atoms with Gasteiger partial charge in [-0.2, -0.15) is 0 Å². The average Bonchev–Trinajstić information content (AvgIpc) is 3.15. The molecule has 2 amide bonds. The van der Waals surface area contributed by atoms with Crippen LogP contribution in [0.2, 0.25) is 18.1 Å². The molecule has 0 aliphatic heterocycles. The van der Waals surface area contributed by atoms with Gasteiger partial charge in [-0.05, 0) is 54.5 Å². The fraction of sp³-hybridized carbons (Fsp3) is 0.333. The largest absolute Gasteiger partial charge is 0.491 e. The molecule has 0 fully saturated rings. The minimum atomic E-state index is -1.81. The summed E-state index contributed by atoms with van der Waals surface area (Å²) in [5.41, 5.74) is 1.81. The number of aromatic nitrogens is 1.